The normalized spacial score (nSPS) is 10.6. The summed E-state index contributed by atoms with van der Waals surface area (Å²) >= 11 is 4.93. The van der Waals surface area contributed by atoms with Crippen LogP contribution in [0.25, 0.3) is 10.2 Å². The van der Waals surface area contributed by atoms with Crippen LogP contribution in [0.1, 0.15) is 12.5 Å². The molecular formula is C11H11BrN2OS. The van der Waals surface area contributed by atoms with Crippen molar-refractivity contribution in [2.45, 2.75) is 13.3 Å². The summed E-state index contributed by atoms with van der Waals surface area (Å²) in [7, 11) is 0. The van der Waals surface area contributed by atoms with Crippen LogP contribution in [0.3, 0.4) is 0 Å². The van der Waals surface area contributed by atoms with E-state index in [1.54, 1.807) is 0 Å². The SMILES string of the molecule is CC(=O)Nc1nc2ccc(CCBr)cc2s1. The topological polar surface area (TPSA) is 42.0 Å². The zero-order valence-electron chi connectivity index (χ0n) is 8.79. The molecule has 0 radical (unpaired) electrons. The molecule has 3 nitrogen and oxygen atoms in total. The van der Waals surface area contributed by atoms with Crippen LogP contribution < -0.4 is 5.32 Å². The molecule has 0 aliphatic rings. The monoisotopic (exact) mass is 298 g/mol. The van der Waals surface area contributed by atoms with Crippen molar-refractivity contribution in [3.05, 3.63) is 23.8 Å². The number of anilines is 1. The largest absolute Gasteiger partial charge is 0.302 e. The number of carbonyl (C=O) groups is 1. The molecule has 5 heteroatoms. The van der Waals surface area contributed by atoms with Crippen molar-refractivity contribution in [1.29, 1.82) is 0 Å². The zero-order valence-corrected chi connectivity index (χ0v) is 11.2. The van der Waals surface area contributed by atoms with Gasteiger partial charge in [0.05, 0.1) is 10.2 Å². The third-order valence-corrected chi connectivity index (χ3v) is 3.45. The number of carbonyl (C=O) groups excluding carboxylic acids is 1. The summed E-state index contributed by atoms with van der Waals surface area (Å²) in [4.78, 5) is 15.2. The van der Waals surface area contributed by atoms with Crippen molar-refractivity contribution in [2.75, 3.05) is 10.6 Å². The first-order chi connectivity index (χ1) is 7.69. The Morgan fingerprint density at radius 2 is 2.38 bits per heavy atom. The number of alkyl halides is 1. The van der Waals surface area contributed by atoms with Crippen LogP contribution in [0, 0.1) is 0 Å². The third kappa shape index (κ3) is 2.59. The number of hydrogen-bond donors (Lipinski definition) is 1. The third-order valence-electron chi connectivity index (χ3n) is 2.12. The molecule has 0 saturated heterocycles. The number of amides is 1. The van der Waals surface area contributed by atoms with E-state index in [4.69, 9.17) is 0 Å². The molecule has 1 amide bonds. The average molecular weight is 299 g/mol. The molecule has 2 rings (SSSR count). The van der Waals surface area contributed by atoms with Gasteiger partial charge in [-0.15, -0.1) is 0 Å². The number of halogens is 1. The fourth-order valence-electron chi connectivity index (χ4n) is 1.44. The van der Waals surface area contributed by atoms with Gasteiger partial charge < -0.3 is 5.32 Å². The Morgan fingerprint density at radius 1 is 1.56 bits per heavy atom. The van der Waals surface area contributed by atoms with Gasteiger partial charge in [0.2, 0.25) is 5.91 Å². The summed E-state index contributed by atoms with van der Waals surface area (Å²) in [6.45, 7) is 1.49. The van der Waals surface area contributed by atoms with Crippen molar-refractivity contribution >= 4 is 48.5 Å². The van der Waals surface area contributed by atoms with E-state index in [1.165, 1.54) is 23.8 Å². The Balaban J connectivity index is 2.34. The van der Waals surface area contributed by atoms with Crippen molar-refractivity contribution in [3.63, 3.8) is 0 Å². The standard InChI is InChI=1S/C11H11BrN2OS/c1-7(15)13-11-14-9-3-2-8(4-5-12)6-10(9)16-11/h2-3,6H,4-5H2,1H3,(H,13,14,15). The van der Waals surface area contributed by atoms with Gasteiger partial charge in [-0.25, -0.2) is 4.98 Å². The van der Waals surface area contributed by atoms with Crippen molar-refractivity contribution in [1.82, 2.24) is 4.98 Å². The van der Waals surface area contributed by atoms with Gasteiger partial charge in [-0.1, -0.05) is 33.3 Å². The van der Waals surface area contributed by atoms with Gasteiger partial charge >= 0.3 is 0 Å². The smallest absolute Gasteiger partial charge is 0.223 e. The summed E-state index contributed by atoms with van der Waals surface area (Å²) in [5, 5.41) is 4.32. The van der Waals surface area contributed by atoms with Crippen LogP contribution in [0.15, 0.2) is 18.2 Å². The number of benzene rings is 1. The maximum Gasteiger partial charge on any atom is 0.223 e. The lowest BCUT2D eigenvalue weighted by atomic mass is 10.2. The van der Waals surface area contributed by atoms with E-state index < -0.39 is 0 Å². The molecule has 1 N–H and O–H groups in total. The highest BCUT2D eigenvalue weighted by molar-refractivity contribution is 9.09. The summed E-state index contributed by atoms with van der Waals surface area (Å²) in [6, 6.07) is 6.19. The van der Waals surface area contributed by atoms with Gasteiger partial charge in [0.1, 0.15) is 0 Å². The van der Waals surface area contributed by atoms with Gasteiger partial charge in [-0.3, -0.25) is 4.79 Å². The average Bonchev–Trinajstić information content (AvgIpc) is 2.58. The highest BCUT2D eigenvalue weighted by Gasteiger charge is 2.05. The number of hydrogen-bond acceptors (Lipinski definition) is 3. The molecule has 0 atom stereocenters. The Bertz CT molecular complexity index is 524. The van der Waals surface area contributed by atoms with Gasteiger partial charge in [-0.05, 0) is 24.1 Å². The Kier molecular flexibility index (Phi) is 3.56. The van der Waals surface area contributed by atoms with E-state index in [9.17, 15) is 4.79 Å². The second-order valence-electron chi connectivity index (χ2n) is 3.44. The molecule has 0 saturated carbocycles. The summed E-state index contributed by atoms with van der Waals surface area (Å²) in [5.41, 5.74) is 2.22. The maximum atomic E-state index is 10.9. The van der Waals surface area contributed by atoms with E-state index in [0.29, 0.717) is 5.13 Å². The Labute approximate surface area is 106 Å². The highest BCUT2D eigenvalue weighted by Crippen LogP contribution is 2.26. The molecule has 2 aromatic rings. The number of aryl methyl sites for hydroxylation is 1. The number of nitrogens with one attached hydrogen (secondary N) is 1. The quantitative estimate of drug-likeness (QED) is 0.884. The minimum atomic E-state index is -0.0836. The van der Waals surface area contributed by atoms with Crippen LogP contribution in [-0.4, -0.2) is 16.2 Å². The van der Waals surface area contributed by atoms with Gasteiger partial charge in [-0.2, -0.15) is 0 Å². The summed E-state index contributed by atoms with van der Waals surface area (Å²) in [6.07, 6.45) is 1.00. The number of aromatic nitrogens is 1. The lowest BCUT2D eigenvalue weighted by Gasteiger charge is -1.95. The summed E-state index contributed by atoms with van der Waals surface area (Å²) < 4.78 is 1.11. The number of nitrogens with zero attached hydrogens (tertiary/aromatic N) is 1. The Hall–Kier alpha value is -0.940. The first kappa shape index (κ1) is 11.5. The van der Waals surface area contributed by atoms with Crippen LogP contribution >= 0.6 is 27.3 Å². The lowest BCUT2D eigenvalue weighted by molar-refractivity contribution is -0.114. The van der Waals surface area contributed by atoms with E-state index in [-0.39, 0.29) is 5.91 Å². The molecule has 0 unspecified atom stereocenters. The van der Waals surface area contributed by atoms with Gasteiger partial charge in [0.15, 0.2) is 5.13 Å². The van der Waals surface area contributed by atoms with E-state index in [2.05, 4.69) is 38.4 Å². The molecule has 0 fully saturated rings. The van der Waals surface area contributed by atoms with Crippen molar-refractivity contribution < 1.29 is 4.79 Å². The number of rotatable bonds is 3. The molecular weight excluding hydrogens is 288 g/mol. The van der Waals surface area contributed by atoms with Crippen LogP contribution in [0.4, 0.5) is 5.13 Å². The lowest BCUT2D eigenvalue weighted by Crippen LogP contribution is -2.04. The molecule has 0 aliphatic heterocycles. The number of thiazole rings is 1. The summed E-state index contributed by atoms with van der Waals surface area (Å²) in [5.74, 6) is -0.0836. The van der Waals surface area contributed by atoms with E-state index >= 15 is 0 Å². The minimum Gasteiger partial charge on any atom is -0.302 e. The fraction of sp³-hybridized carbons (Fsp3) is 0.273. The van der Waals surface area contributed by atoms with Crippen LogP contribution in [0.2, 0.25) is 0 Å². The Morgan fingerprint density at radius 3 is 3.06 bits per heavy atom. The first-order valence-corrected chi connectivity index (χ1v) is 6.86. The number of fused-ring (bicyclic) bond motifs is 1. The molecule has 0 bridgehead atoms. The van der Waals surface area contributed by atoms with Crippen LogP contribution in [-0.2, 0) is 11.2 Å². The molecule has 1 aromatic heterocycles. The molecule has 84 valence electrons. The second kappa shape index (κ2) is 4.93. The molecule has 16 heavy (non-hydrogen) atoms. The van der Waals surface area contributed by atoms with Crippen LogP contribution in [0.5, 0.6) is 0 Å². The predicted molar refractivity (Wildman–Crippen MR) is 71.4 cm³/mol. The van der Waals surface area contributed by atoms with Crippen molar-refractivity contribution in [3.8, 4) is 0 Å². The highest BCUT2D eigenvalue weighted by atomic mass is 79.9. The zero-order chi connectivity index (χ0) is 11.5. The fourth-order valence-corrected chi connectivity index (χ4v) is 2.87. The second-order valence-corrected chi connectivity index (χ2v) is 5.26. The van der Waals surface area contributed by atoms with Gasteiger partial charge in [0, 0.05) is 12.3 Å². The van der Waals surface area contributed by atoms with E-state index in [0.717, 1.165) is 22.0 Å². The minimum absolute atomic E-state index is 0.0836. The van der Waals surface area contributed by atoms with Gasteiger partial charge in [0.25, 0.3) is 0 Å². The molecule has 0 aliphatic carbocycles. The van der Waals surface area contributed by atoms with E-state index in [1.807, 2.05) is 6.07 Å². The molecule has 0 spiro atoms. The first-order valence-electron chi connectivity index (χ1n) is 4.92. The predicted octanol–water partition coefficient (Wildman–Crippen LogP) is 3.19. The molecule has 1 aromatic carbocycles. The maximum absolute atomic E-state index is 10.9. The van der Waals surface area contributed by atoms with Crippen molar-refractivity contribution in [2.24, 2.45) is 0 Å². The molecule has 1 heterocycles.